The normalized spacial score (nSPS) is 15.8. The van der Waals surface area contributed by atoms with Gasteiger partial charge in [0.2, 0.25) is 0 Å². The van der Waals surface area contributed by atoms with E-state index in [-0.39, 0.29) is 5.91 Å². The molecule has 0 aromatic heterocycles. The number of carbonyl (C=O) groups excluding carboxylic acids is 1. The first-order valence-corrected chi connectivity index (χ1v) is 14.2. The second kappa shape index (κ2) is 11.1. The van der Waals surface area contributed by atoms with E-state index in [9.17, 15) is 4.79 Å². The fraction of sp³-hybridized carbons (Fsp3) is 0.154. The number of aliphatic imine (C=N–C) groups is 1. The Kier molecular flexibility index (Phi) is 8.42. The molecule has 0 radical (unpaired) electrons. The summed E-state index contributed by atoms with van der Waals surface area (Å²) in [4.78, 5) is 17.8. The number of amidine groups is 1. The molecule has 174 valence electrons. The predicted octanol–water partition coefficient (Wildman–Crippen LogP) is 8.05. The molecule has 0 aliphatic carbocycles. The molecule has 4 rings (SSSR count). The number of carbonyl (C=O) groups is 1. The Morgan fingerprint density at radius 3 is 2.38 bits per heavy atom. The van der Waals surface area contributed by atoms with E-state index < -0.39 is 0 Å². The van der Waals surface area contributed by atoms with Crippen LogP contribution in [0.25, 0.3) is 6.08 Å². The number of rotatable bonds is 5. The Balaban J connectivity index is 1.52. The van der Waals surface area contributed by atoms with Crippen LogP contribution in [0.2, 0.25) is 0 Å². The van der Waals surface area contributed by atoms with Crippen LogP contribution in [-0.4, -0.2) is 11.1 Å². The van der Waals surface area contributed by atoms with Crippen molar-refractivity contribution in [1.82, 2.24) is 5.32 Å². The summed E-state index contributed by atoms with van der Waals surface area (Å²) in [5, 5.41) is 3.46. The molecule has 3 aromatic carbocycles. The summed E-state index contributed by atoms with van der Waals surface area (Å²) < 4.78 is 9.21. The average Bonchev–Trinajstić information content (AvgIpc) is 3.09. The highest BCUT2D eigenvalue weighted by Gasteiger charge is 2.24. The molecule has 3 aromatic rings. The number of amides is 1. The SMILES string of the molecule is Cc1cccc(COc2c(I)cc(/C=C3\SC(=Nc4cc(C)c(Br)c(C)c4)NC3=O)cc2I)c1. The number of thioether (sulfide) groups is 1. The van der Waals surface area contributed by atoms with Crippen molar-refractivity contribution in [2.75, 3.05) is 0 Å². The molecular formula is C26H21BrI2N2O2S. The zero-order chi connectivity index (χ0) is 24.4. The molecule has 4 nitrogen and oxygen atoms in total. The van der Waals surface area contributed by atoms with Crippen molar-refractivity contribution in [1.29, 1.82) is 0 Å². The largest absolute Gasteiger partial charge is 0.487 e. The van der Waals surface area contributed by atoms with Crippen molar-refractivity contribution in [2.45, 2.75) is 27.4 Å². The third kappa shape index (κ3) is 6.24. The van der Waals surface area contributed by atoms with E-state index in [1.807, 2.05) is 50.3 Å². The summed E-state index contributed by atoms with van der Waals surface area (Å²) in [6.07, 6.45) is 1.90. The maximum atomic E-state index is 12.6. The molecule has 0 unspecified atom stereocenters. The van der Waals surface area contributed by atoms with E-state index >= 15 is 0 Å². The minimum atomic E-state index is -0.140. The van der Waals surface area contributed by atoms with Gasteiger partial charge in [-0.05, 0) is 130 Å². The fourth-order valence-corrected chi connectivity index (χ4v) is 6.69. The van der Waals surface area contributed by atoms with Crippen LogP contribution >= 0.6 is 72.9 Å². The predicted molar refractivity (Wildman–Crippen MR) is 162 cm³/mol. The van der Waals surface area contributed by atoms with Crippen molar-refractivity contribution in [3.63, 3.8) is 0 Å². The lowest BCUT2D eigenvalue weighted by atomic mass is 10.1. The van der Waals surface area contributed by atoms with Crippen LogP contribution in [0.5, 0.6) is 5.75 Å². The third-order valence-electron chi connectivity index (χ3n) is 5.09. The molecule has 0 spiro atoms. The average molecular weight is 759 g/mol. The van der Waals surface area contributed by atoms with Crippen LogP contribution in [0.4, 0.5) is 5.69 Å². The Labute approximate surface area is 239 Å². The van der Waals surface area contributed by atoms with Gasteiger partial charge in [-0.2, -0.15) is 0 Å². The molecule has 0 atom stereocenters. The van der Waals surface area contributed by atoms with Gasteiger partial charge in [0.25, 0.3) is 5.91 Å². The number of nitrogens with one attached hydrogen (secondary N) is 1. The van der Waals surface area contributed by atoms with Crippen LogP contribution in [0.15, 0.2) is 62.9 Å². The molecule has 1 amide bonds. The molecule has 1 aliphatic rings. The van der Waals surface area contributed by atoms with Gasteiger partial charge in [0.1, 0.15) is 12.4 Å². The van der Waals surface area contributed by atoms with Gasteiger partial charge in [-0.15, -0.1) is 0 Å². The number of halogens is 3. The van der Waals surface area contributed by atoms with Crippen LogP contribution in [0.3, 0.4) is 0 Å². The second-order valence-corrected chi connectivity index (χ2v) is 12.1. The zero-order valence-electron chi connectivity index (χ0n) is 18.7. The van der Waals surface area contributed by atoms with Gasteiger partial charge in [0.05, 0.1) is 17.7 Å². The summed E-state index contributed by atoms with van der Waals surface area (Å²) >= 11 is 9.51. The van der Waals surface area contributed by atoms with Gasteiger partial charge in [-0.1, -0.05) is 45.8 Å². The fourth-order valence-electron chi connectivity index (χ4n) is 3.49. The maximum Gasteiger partial charge on any atom is 0.264 e. The van der Waals surface area contributed by atoms with Gasteiger partial charge < -0.3 is 10.1 Å². The highest BCUT2D eigenvalue weighted by molar-refractivity contribution is 14.1. The summed E-state index contributed by atoms with van der Waals surface area (Å²) in [6, 6.07) is 16.4. The molecule has 1 fully saturated rings. The highest BCUT2D eigenvalue weighted by Crippen LogP contribution is 2.34. The smallest absolute Gasteiger partial charge is 0.264 e. The lowest BCUT2D eigenvalue weighted by Crippen LogP contribution is -2.19. The molecule has 34 heavy (non-hydrogen) atoms. The molecule has 0 bridgehead atoms. The van der Waals surface area contributed by atoms with Crippen molar-refractivity contribution in [3.8, 4) is 5.75 Å². The van der Waals surface area contributed by atoms with E-state index in [1.165, 1.54) is 17.3 Å². The lowest BCUT2D eigenvalue weighted by Gasteiger charge is -2.12. The van der Waals surface area contributed by atoms with Gasteiger partial charge in [0.15, 0.2) is 5.17 Å². The van der Waals surface area contributed by atoms with E-state index in [4.69, 9.17) is 4.74 Å². The minimum Gasteiger partial charge on any atom is -0.487 e. The van der Waals surface area contributed by atoms with Gasteiger partial charge >= 0.3 is 0 Å². The first-order valence-electron chi connectivity index (χ1n) is 10.4. The molecule has 1 heterocycles. The van der Waals surface area contributed by atoms with E-state index in [0.717, 1.165) is 45.3 Å². The Bertz CT molecular complexity index is 1310. The van der Waals surface area contributed by atoms with Crippen LogP contribution in [0, 0.1) is 27.9 Å². The topological polar surface area (TPSA) is 50.7 Å². The van der Waals surface area contributed by atoms with Crippen LogP contribution in [0.1, 0.15) is 27.8 Å². The second-order valence-electron chi connectivity index (χ2n) is 7.97. The quantitative estimate of drug-likeness (QED) is 0.212. The van der Waals surface area contributed by atoms with E-state index in [0.29, 0.717) is 16.7 Å². The molecular weight excluding hydrogens is 738 g/mol. The minimum absolute atomic E-state index is 0.140. The number of benzene rings is 3. The van der Waals surface area contributed by atoms with Gasteiger partial charge in [-0.25, -0.2) is 4.99 Å². The number of hydrogen-bond acceptors (Lipinski definition) is 4. The van der Waals surface area contributed by atoms with E-state index in [2.05, 4.69) is 96.5 Å². The zero-order valence-corrected chi connectivity index (χ0v) is 25.4. The summed E-state index contributed by atoms with van der Waals surface area (Å²) in [5.74, 6) is 0.718. The number of nitrogens with zero attached hydrogens (tertiary/aromatic N) is 1. The molecule has 1 saturated heterocycles. The summed E-state index contributed by atoms with van der Waals surface area (Å²) in [6.45, 7) is 6.66. The molecule has 8 heteroatoms. The summed E-state index contributed by atoms with van der Waals surface area (Å²) in [7, 11) is 0. The maximum absolute atomic E-state index is 12.6. The Hall–Kier alpha value is -1.37. The summed E-state index contributed by atoms with van der Waals surface area (Å²) in [5.41, 5.74) is 6.34. The third-order valence-corrected chi connectivity index (χ3v) is 8.85. The number of hydrogen-bond donors (Lipinski definition) is 1. The Morgan fingerprint density at radius 1 is 1.06 bits per heavy atom. The van der Waals surface area contributed by atoms with Crippen molar-refractivity contribution < 1.29 is 9.53 Å². The van der Waals surface area contributed by atoms with Crippen LogP contribution < -0.4 is 10.1 Å². The molecule has 0 saturated carbocycles. The van der Waals surface area contributed by atoms with E-state index in [1.54, 1.807) is 0 Å². The highest BCUT2D eigenvalue weighted by atomic mass is 127. The Morgan fingerprint density at radius 2 is 1.74 bits per heavy atom. The number of aryl methyl sites for hydroxylation is 3. The van der Waals surface area contributed by atoms with Crippen molar-refractivity contribution in [3.05, 3.63) is 92.9 Å². The van der Waals surface area contributed by atoms with Crippen molar-refractivity contribution >= 4 is 95.7 Å². The van der Waals surface area contributed by atoms with Crippen LogP contribution in [-0.2, 0) is 11.4 Å². The van der Waals surface area contributed by atoms with Gasteiger partial charge in [-0.3, -0.25) is 4.79 Å². The van der Waals surface area contributed by atoms with Gasteiger partial charge in [0, 0.05) is 4.47 Å². The first-order chi connectivity index (χ1) is 16.2. The molecule has 1 N–H and O–H groups in total. The monoisotopic (exact) mass is 758 g/mol. The standard InChI is InChI=1S/C26H21BrI2N2O2S/c1-14-5-4-6-17(7-14)13-33-24-20(28)10-18(11-21(24)29)12-22-25(32)31-26(34-22)30-19-8-15(2)23(27)16(3)9-19/h4-12H,13H2,1-3H3,(H,30,31,32)/b22-12-. The molecule has 1 aliphatic heterocycles. The number of ether oxygens (including phenoxy) is 1. The first kappa shape index (κ1) is 25.7. The van der Waals surface area contributed by atoms with Crippen molar-refractivity contribution in [2.24, 2.45) is 4.99 Å². The lowest BCUT2D eigenvalue weighted by molar-refractivity contribution is -0.115.